The zero-order valence-corrected chi connectivity index (χ0v) is 7.74. The van der Waals surface area contributed by atoms with Gasteiger partial charge in [0, 0.05) is 7.05 Å². The van der Waals surface area contributed by atoms with Crippen molar-refractivity contribution in [3.05, 3.63) is 11.5 Å². The van der Waals surface area contributed by atoms with E-state index >= 15 is 0 Å². The van der Waals surface area contributed by atoms with E-state index in [1.807, 2.05) is 0 Å². The van der Waals surface area contributed by atoms with Crippen molar-refractivity contribution in [1.82, 2.24) is 9.97 Å². The maximum atomic E-state index is 10.1. The van der Waals surface area contributed by atoms with E-state index in [0.717, 1.165) is 0 Å². The van der Waals surface area contributed by atoms with Crippen molar-refractivity contribution >= 4 is 18.1 Å². The number of hydrogen-bond donors (Lipinski definition) is 4. The number of aromatic nitrogens is 2. The van der Waals surface area contributed by atoms with Crippen molar-refractivity contribution in [3.63, 3.8) is 0 Å². The molecule has 1 heterocycles. The van der Waals surface area contributed by atoms with Gasteiger partial charge in [-0.25, -0.2) is 4.98 Å². The second kappa shape index (κ2) is 4.38. The number of amidine groups is 1. The summed E-state index contributed by atoms with van der Waals surface area (Å²) in [7, 11) is 1.69. The molecule has 7 heteroatoms. The molecule has 0 bridgehead atoms. The highest BCUT2D eigenvalue weighted by atomic mass is 16.1. The Labute approximate surface area is 80.6 Å². The number of carbonyl (C=O) groups is 1. The Hall–Kier alpha value is -1.89. The summed E-state index contributed by atoms with van der Waals surface area (Å²) in [5, 5.41) is 2.81. The van der Waals surface area contributed by atoms with Gasteiger partial charge >= 0.3 is 0 Å². The molecule has 0 aromatic carbocycles. The predicted molar refractivity (Wildman–Crippen MR) is 52.8 cm³/mol. The number of H-pyrrole nitrogens is 1. The van der Waals surface area contributed by atoms with Gasteiger partial charge in [-0.1, -0.05) is 0 Å². The normalized spacial score (nSPS) is 11.4. The Morgan fingerprint density at radius 2 is 2.50 bits per heavy atom. The van der Waals surface area contributed by atoms with Crippen LogP contribution in [0, 0.1) is 0 Å². The molecule has 0 aliphatic rings. The molecular formula is C7H12N6O. The molecule has 1 rings (SSSR count). The minimum atomic E-state index is 0.0801. The second-order valence-corrected chi connectivity index (χ2v) is 2.48. The van der Waals surface area contributed by atoms with Crippen LogP contribution in [0.2, 0.25) is 0 Å². The number of carbonyl (C=O) groups excluding carboxylic acids is 1. The second-order valence-electron chi connectivity index (χ2n) is 2.48. The number of anilines is 1. The quantitative estimate of drug-likeness (QED) is 0.273. The van der Waals surface area contributed by atoms with Crippen LogP contribution in [-0.4, -0.2) is 29.3 Å². The van der Waals surface area contributed by atoms with Crippen LogP contribution in [0.25, 0.3) is 0 Å². The largest absolute Gasteiger partial charge is 0.382 e. The zero-order chi connectivity index (χ0) is 10.6. The van der Waals surface area contributed by atoms with E-state index < -0.39 is 0 Å². The van der Waals surface area contributed by atoms with E-state index in [4.69, 9.17) is 11.5 Å². The van der Waals surface area contributed by atoms with Crippen molar-refractivity contribution < 1.29 is 4.79 Å². The van der Waals surface area contributed by atoms with Gasteiger partial charge in [-0.2, -0.15) is 4.99 Å². The summed E-state index contributed by atoms with van der Waals surface area (Å²) in [4.78, 5) is 20.5. The van der Waals surface area contributed by atoms with Crippen LogP contribution in [0.5, 0.6) is 0 Å². The first-order chi connectivity index (χ1) is 6.72. The number of rotatable bonds is 4. The third kappa shape index (κ3) is 1.88. The van der Waals surface area contributed by atoms with E-state index in [1.165, 1.54) is 0 Å². The molecule has 0 spiro atoms. The molecule has 0 saturated carbocycles. The van der Waals surface area contributed by atoms with Gasteiger partial charge in [0.15, 0.2) is 11.7 Å². The number of nitrogens with one attached hydrogen (secondary N) is 2. The Balaban J connectivity index is 3.11. The topological polar surface area (TPSA) is 122 Å². The number of aliphatic imine (C=N–C) groups is 1. The monoisotopic (exact) mass is 196 g/mol. The maximum absolute atomic E-state index is 10.1. The molecule has 7 nitrogen and oxygen atoms in total. The smallest absolute Gasteiger partial charge is 0.234 e. The fraction of sp³-hybridized carbons (Fsp3) is 0.286. The minimum Gasteiger partial charge on any atom is -0.382 e. The lowest BCUT2D eigenvalue weighted by molar-refractivity contribution is -0.106. The molecule has 0 radical (unpaired) electrons. The predicted octanol–water partition coefficient (Wildman–Crippen LogP) is -1.23. The van der Waals surface area contributed by atoms with Crippen molar-refractivity contribution in [3.8, 4) is 0 Å². The van der Waals surface area contributed by atoms with Crippen LogP contribution in [0.4, 0.5) is 5.82 Å². The standard InChI is InChI=1S/C7H12N6O/c1-10-7-5(6(9)11-3-14)12-4(2-8)13-7/h3,10H,2,8H2,1H3,(H,12,13)(H2,9,11,14). The summed E-state index contributed by atoms with van der Waals surface area (Å²) >= 11 is 0. The highest BCUT2D eigenvalue weighted by molar-refractivity contribution is 6.02. The van der Waals surface area contributed by atoms with Gasteiger partial charge in [-0.15, -0.1) is 0 Å². The van der Waals surface area contributed by atoms with Crippen LogP contribution in [-0.2, 0) is 11.3 Å². The van der Waals surface area contributed by atoms with Crippen LogP contribution < -0.4 is 16.8 Å². The first-order valence-corrected chi connectivity index (χ1v) is 3.97. The van der Waals surface area contributed by atoms with Gasteiger partial charge in [0.05, 0.1) is 6.54 Å². The highest BCUT2D eigenvalue weighted by Crippen LogP contribution is 2.10. The summed E-state index contributed by atoms with van der Waals surface area (Å²) in [6.07, 6.45) is 0.373. The lowest BCUT2D eigenvalue weighted by atomic mass is 10.4. The summed E-state index contributed by atoms with van der Waals surface area (Å²) in [6, 6.07) is 0. The number of nitrogens with two attached hydrogens (primary N) is 2. The van der Waals surface area contributed by atoms with Crippen molar-refractivity contribution in [1.29, 1.82) is 0 Å². The third-order valence-electron chi connectivity index (χ3n) is 1.63. The summed E-state index contributed by atoms with van der Waals surface area (Å²) < 4.78 is 0. The maximum Gasteiger partial charge on any atom is 0.234 e. The number of amides is 1. The Bertz CT molecular complexity index is 355. The highest BCUT2D eigenvalue weighted by Gasteiger charge is 2.10. The summed E-state index contributed by atoms with van der Waals surface area (Å²) in [6.45, 7) is 0.267. The average Bonchev–Trinajstić information content (AvgIpc) is 2.61. The van der Waals surface area contributed by atoms with Crippen molar-refractivity contribution in [2.45, 2.75) is 6.54 Å². The van der Waals surface area contributed by atoms with Crippen molar-refractivity contribution in [2.24, 2.45) is 16.5 Å². The molecule has 0 fully saturated rings. The number of nitrogens with zero attached hydrogens (tertiary/aromatic N) is 2. The average molecular weight is 196 g/mol. The molecule has 6 N–H and O–H groups in total. The molecule has 0 aliphatic carbocycles. The molecule has 0 saturated heterocycles. The van der Waals surface area contributed by atoms with E-state index in [0.29, 0.717) is 23.7 Å². The fourth-order valence-corrected chi connectivity index (χ4v) is 1.01. The van der Waals surface area contributed by atoms with Crippen LogP contribution in [0.1, 0.15) is 11.5 Å². The lowest BCUT2D eigenvalue weighted by Crippen LogP contribution is -2.16. The van der Waals surface area contributed by atoms with Crippen LogP contribution in [0.3, 0.4) is 0 Å². The SMILES string of the molecule is CNc1nc(CN)[nH]c1C(N)=NC=O. The molecule has 0 aliphatic heterocycles. The number of aromatic amines is 1. The Kier molecular flexibility index (Phi) is 3.19. The van der Waals surface area contributed by atoms with Gasteiger partial charge in [0.1, 0.15) is 11.5 Å². The van der Waals surface area contributed by atoms with Gasteiger partial charge in [-0.05, 0) is 0 Å². The van der Waals surface area contributed by atoms with Crippen molar-refractivity contribution in [2.75, 3.05) is 12.4 Å². The van der Waals surface area contributed by atoms with E-state index in [2.05, 4.69) is 20.3 Å². The van der Waals surface area contributed by atoms with E-state index in [9.17, 15) is 4.79 Å². The first-order valence-electron chi connectivity index (χ1n) is 3.97. The molecule has 1 aromatic heterocycles. The molecule has 0 unspecified atom stereocenters. The third-order valence-corrected chi connectivity index (χ3v) is 1.63. The minimum absolute atomic E-state index is 0.0801. The van der Waals surface area contributed by atoms with Crippen LogP contribution >= 0.6 is 0 Å². The summed E-state index contributed by atoms with van der Waals surface area (Å²) in [5.74, 6) is 1.18. The fourth-order valence-electron chi connectivity index (χ4n) is 1.01. The number of hydrogen-bond acceptors (Lipinski definition) is 4. The molecule has 14 heavy (non-hydrogen) atoms. The Morgan fingerprint density at radius 1 is 1.79 bits per heavy atom. The van der Waals surface area contributed by atoms with Gasteiger partial charge in [-0.3, -0.25) is 4.79 Å². The summed E-state index contributed by atoms with van der Waals surface area (Å²) in [5.41, 5.74) is 11.4. The molecule has 1 amide bonds. The lowest BCUT2D eigenvalue weighted by Gasteiger charge is -1.98. The van der Waals surface area contributed by atoms with E-state index in [-0.39, 0.29) is 12.4 Å². The molecule has 76 valence electrons. The zero-order valence-electron chi connectivity index (χ0n) is 7.74. The molecule has 0 atom stereocenters. The van der Waals surface area contributed by atoms with E-state index in [1.54, 1.807) is 7.05 Å². The van der Waals surface area contributed by atoms with Gasteiger partial charge in [0.25, 0.3) is 0 Å². The molecular weight excluding hydrogens is 184 g/mol. The van der Waals surface area contributed by atoms with Gasteiger partial charge in [0.2, 0.25) is 6.41 Å². The Morgan fingerprint density at radius 3 is 3.00 bits per heavy atom. The molecule has 1 aromatic rings. The first kappa shape index (κ1) is 10.2. The van der Waals surface area contributed by atoms with Gasteiger partial charge < -0.3 is 21.8 Å². The number of imidazole rings is 1. The van der Waals surface area contributed by atoms with Crippen LogP contribution in [0.15, 0.2) is 4.99 Å².